The molecule has 0 saturated carbocycles. The Bertz CT molecular complexity index is 1010. The van der Waals surface area contributed by atoms with E-state index in [1.807, 2.05) is 29.2 Å². The number of nitrogens with zero attached hydrogens (tertiary/aromatic N) is 2. The Morgan fingerprint density at radius 1 is 0.969 bits per heavy atom. The van der Waals surface area contributed by atoms with Crippen molar-refractivity contribution in [3.05, 3.63) is 71.2 Å². The van der Waals surface area contributed by atoms with Crippen LogP contribution in [0.3, 0.4) is 0 Å². The molecule has 4 rings (SSSR count). The van der Waals surface area contributed by atoms with Gasteiger partial charge in [-0.05, 0) is 41.3 Å². The molecule has 2 amide bonds. The van der Waals surface area contributed by atoms with Gasteiger partial charge in [-0.25, -0.2) is 4.39 Å². The largest absolute Gasteiger partial charge is 0.493 e. The molecule has 2 aromatic rings. The molecule has 2 aliphatic heterocycles. The fraction of sp³-hybridized carbons (Fsp3) is 0.360. The third-order valence-electron chi connectivity index (χ3n) is 5.45. The van der Waals surface area contributed by atoms with Crippen LogP contribution in [-0.2, 0) is 20.9 Å². The summed E-state index contributed by atoms with van der Waals surface area (Å²) in [5.74, 6) is 0.0729. The Balaban J connectivity index is 1.65. The van der Waals surface area contributed by atoms with Crippen LogP contribution in [0.2, 0.25) is 0 Å². The average molecular weight is 438 g/mol. The number of carbonyl (C=O) groups is 2. The van der Waals surface area contributed by atoms with Gasteiger partial charge >= 0.3 is 0 Å². The smallest absolute Gasteiger partial charge is 0.278 e. The van der Waals surface area contributed by atoms with Crippen molar-refractivity contribution in [2.45, 2.75) is 20.4 Å². The van der Waals surface area contributed by atoms with Crippen molar-refractivity contribution in [2.75, 3.05) is 32.9 Å². The first-order valence-corrected chi connectivity index (χ1v) is 10.8. The van der Waals surface area contributed by atoms with Gasteiger partial charge in [0, 0.05) is 13.1 Å². The summed E-state index contributed by atoms with van der Waals surface area (Å²) in [6, 6.07) is 13.1. The van der Waals surface area contributed by atoms with Crippen molar-refractivity contribution >= 4 is 17.4 Å². The van der Waals surface area contributed by atoms with E-state index in [0.29, 0.717) is 61.2 Å². The molecule has 1 fully saturated rings. The van der Waals surface area contributed by atoms with E-state index in [1.54, 1.807) is 12.1 Å². The van der Waals surface area contributed by atoms with Crippen molar-refractivity contribution in [3.63, 3.8) is 0 Å². The zero-order valence-electron chi connectivity index (χ0n) is 18.3. The molecule has 0 aromatic heterocycles. The normalized spacial score (nSPS) is 17.0. The number of carbonyl (C=O) groups excluding carboxylic acids is 2. The highest BCUT2D eigenvalue weighted by molar-refractivity contribution is 6.35. The Morgan fingerprint density at radius 3 is 2.25 bits per heavy atom. The number of hydrogen-bond donors (Lipinski definition) is 0. The van der Waals surface area contributed by atoms with Crippen LogP contribution in [-0.4, -0.2) is 54.5 Å². The number of benzene rings is 2. The molecule has 2 aliphatic rings. The minimum absolute atomic E-state index is 0.0882. The summed E-state index contributed by atoms with van der Waals surface area (Å²) in [5.41, 5.74) is 2.14. The van der Waals surface area contributed by atoms with E-state index in [1.165, 1.54) is 17.0 Å². The van der Waals surface area contributed by atoms with E-state index in [4.69, 9.17) is 9.47 Å². The molecule has 0 bridgehead atoms. The van der Waals surface area contributed by atoms with Crippen molar-refractivity contribution < 1.29 is 23.5 Å². The molecular formula is C25H27FN2O4. The first-order valence-electron chi connectivity index (χ1n) is 10.8. The molecule has 6 nitrogen and oxygen atoms in total. The van der Waals surface area contributed by atoms with Crippen LogP contribution < -0.4 is 4.74 Å². The van der Waals surface area contributed by atoms with Gasteiger partial charge in [0.25, 0.3) is 11.8 Å². The van der Waals surface area contributed by atoms with Crippen LogP contribution in [0.4, 0.5) is 4.39 Å². The molecule has 2 heterocycles. The number of hydrogen-bond acceptors (Lipinski definition) is 5. The second-order valence-electron chi connectivity index (χ2n) is 8.38. The molecule has 7 heteroatoms. The zero-order chi connectivity index (χ0) is 22.7. The Kier molecular flexibility index (Phi) is 6.55. The van der Waals surface area contributed by atoms with E-state index in [2.05, 4.69) is 13.8 Å². The van der Waals surface area contributed by atoms with Crippen molar-refractivity contribution in [3.8, 4) is 5.75 Å². The highest BCUT2D eigenvalue weighted by Crippen LogP contribution is 2.33. The van der Waals surface area contributed by atoms with Crippen LogP contribution in [0.1, 0.15) is 25.0 Å². The summed E-state index contributed by atoms with van der Waals surface area (Å²) in [5, 5.41) is 0. The highest BCUT2D eigenvalue weighted by Gasteiger charge is 2.41. The molecule has 2 aromatic carbocycles. The van der Waals surface area contributed by atoms with E-state index in [9.17, 15) is 14.0 Å². The lowest BCUT2D eigenvalue weighted by Crippen LogP contribution is -2.40. The monoisotopic (exact) mass is 438 g/mol. The number of rotatable bonds is 7. The second kappa shape index (κ2) is 9.53. The van der Waals surface area contributed by atoms with Crippen molar-refractivity contribution in [2.24, 2.45) is 5.92 Å². The molecule has 168 valence electrons. The van der Waals surface area contributed by atoms with Gasteiger partial charge in [0.05, 0.1) is 31.9 Å². The lowest BCUT2D eigenvalue weighted by molar-refractivity contribution is -0.138. The zero-order valence-corrected chi connectivity index (χ0v) is 18.3. The number of ether oxygens (including phenoxy) is 2. The van der Waals surface area contributed by atoms with Crippen molar-refractivity contribution in [1.29, 1.82) is 0 Å². The van der Waals surface area contributed by atoms with E-state index in [-0.39, 0.29) is 24.2 Å². The SMILES string of the molecule is CC(C)COc1ccc(C2=C(N3CCOCC3)C(=O)N(Cc3ccc(F)cc3)C2=O)cc1. The fourth-order valence-electron chi connectivity index (χ4n) is 3.80. The Labute approximate surface area is 187 Å². The van der Waals surface area contributed by atoms with Gasteiger partial charge in [-0.1, -0.05) is 38.1 Å². The summed E-state index contributed by atoms with van der Waals surface area (Å²) in [7, 11) is 0. The number of halogens is 1. The molecule has 0 unspecified atom stereocenters. The molecule has 0 radical (unpaired) electrons. The van der Waals surface area contributed by atoms with Crippen LogP contribution in [0.5, 0.6) is 5.75 Å². The van der Waals surface area contributed by atoms with E-state index >= 15 is 0 Å². The summed E-state index contributed by atoms with van der Waals surface area (Å²) < 4.78 is 24.5. The first-order chi connectivity index (χ1) is 15.4. The quantitative estimate of drug-likeness (QED) is 0.620. The number of imide groups is 1. The topological polar surface area (TPSA) is 59.1 Å². The molecule has 0 spiro atoms. The minimum Gasteiger partial charge on any atom is -0.493 e. The van der Waals surface area contributed by atoms with Gasteiger partial charge in [0.1, 0.15) is 17.3 Å². The first kappa shape index (κ1) is 22.0. The molecule has 32 heavy (non-hydrogen) atoms. The lowest BCUT2D eigenvalue weighted by Gasteiger charge is -2.29. The maximum atomic E-state index is 13.4. The average Bonchev–Trinajstić information content (AvgIpc) is 3.04. The van der Waals surface area contributed by atoms with Crippen molar-refractivity contribution in [1.82, 2.24) is 9.80 Å². The molecule has 0 N–H and O–H groups in total. The van der Waals surface area contributed by atoms with Gasteiger partial charge in [0.15, 0.2) is 0 Å². The molecule has 0 aliphatic carbocycles. The minimum atomic E-state index is -0.361. The Morgan fingerprint density at radius 2 is 1.62 bits per heavy atom. The lowest BCUT2D eigenvalue weighted by atomic mass is 10.0. The van der Waals surface area contributed by atoms with E-state index < -0.39 is 0 Å². The number of morpholine rings is 1. The van der Waals surface area contributed by atoms with Gasteiger partial charge in [-0.15, -0.1) is 0 Å². The Hall–Kier alpha value is -3.19. The number of amides is 2. The maximum Gasteiger partial charge on any atom is 0.278 e. The highest BCUT2D eigenvalue weighted by atomic mass is 19.1. The second-order valence-corrected chi connectivity index (χ2v) is 8.38. The standard InChI is InChI=1S/C25H27FN2O4/c1-17(2)16-32-21-9-5-19(6-10-21)22-23(27-11-13-31-14-12-27)25(30)28(24(22)29)15-18-3-7-20(26)8-4-18/h3-10,17H,11-16H2,1-2H3. The summed E-state index contributed by atoms with van der Waals surface area (Å²) >= 11 is 0. The summed E-state index contributed by atoms with van der Waals surface area (Å²) in [6.07, 6.45) is 0. The fourth-order valence-corrected chi connectivity index (χ4v) is 3.80. The van der Waals surface area contributed by atoms with Crippen LogP contribution in [0, 0.1) is 11.7 Å². The van der Waals surface area contributed by atoms with Gasteiger partial charge in [-0.3, -0.25) is 14.5 Å². The van der Waals surface area contributed by atoms with E-state index in [0.717, 1.165) is 5.75 Å². The third kappa shape index (κ3) is 4.67. The predicted octanol–water partition coefficient (Wildman–Crippen LogP) is 3.47. The third-order valence-corrected chi connectivity index (χ3v) is 5.45. The van der Waals surface area contributed by atoms with Crippen LogP contribution in [0.15, 0.2) is 54.2 Å². The predicted molar refractivity (Wildman–Crippen MR) is 118 cm³/mol. The van der Waals surface area contributed by atoms with Crippen LogP contribution in [0.25, 0.3) is 5.57 Å². The maximum absolute atomic E-state index is 13.4. The van der Waals surface area contributed by atoms with Gasteiger partial charge < -0.3 is 14.4 Å². The summed E-state index contributed by atoms with van der Waals surface area (Å²) in [4.78, 5) is 30.0. The van der Waals surface area contributed by atoms with Gasteiger partial charge in [0.2, 0.25) is 0 Å². The molecular weight excluding hydrogens is 411 g/mol. The van der Waals surface area contributed by atoms with Gasteiger partial charge in [-0.2, -0.15) is 0 Å². The molecule has 1 saturated heterocycles. The molecule has 0 atom stereocenters. The summed E-state index contributed by atoms with van der Waals surface area (Å²) in [6.45, 7) is 6.92. The van der Waals surface area contributed by atoms with Crippen LogP contribution >= 0.6 is 0 Å².